The number of carbonyl (C=O) groups is 1. The lowest BCUT2D eigenvalue weighted by atomic mass is 10.2. The van der Waals surface area contributed by atoms with E-state index in [-0.39, 0.29) is 24.0 Å². The monoisotopic (exact) mass is 466 g/mol. The Bertz CT molecular complexity index is 1060. The number of anilines is 1. The second-order valence-corrected chi connectivity index (χ2v) is 7.47. The van der Waals surface area contributed by atoms with Gasteiger partial charge in [0.15, 0.2) is 11.0 Å². The summed E-state index contributed by atoms with van der Waals surface area (Å²) in [5.74, 6) is 1.11. The minimum atomic E-state index is -4.45. The summed E-state index contributed by atoms with van der Waals surface area (Å²) in [4.78, 5) is 12.2. The zero-order valence-corrected chi connectivity index (χ0v) is 18.2. The second-order valence-electron chi connectivity index (χ2n) is 6.52. The lowest BCUT2D eigenvalue weighted by Gasteiger charge is -2.11. The van der Waals surface area contributed by atoms with E-state index >= 15 is 0 Å². The van der Waals surface area contributed by atoms with Crippen molar-refractivity contribution in [2.75, 3.05) is 18.2 Å². The normalized spacial score (nSPS) is 11.3. The van der Waals surface area contributed by atoms with Crippen molar-refractivity contribution in [2.24, 2.45) is 0 Å². The molecule has 2 aromatic carbocycles. The number of nitrogens with one attached hydrogen (secondary N) is 1. The number of methoxy groups -OCH3 is 1. The lowest BCUT2D eigenvalue weighted by Crippen LogP contribution is -2.15. The summed E-state index contributed by atoms with van der Waals surface area (Å²) in [5, 5.41) is 11.4. The van der Waals surface area contributed by atoms with Gasteiger partial charge >= 0.3 is 6.18 Å². The van der Waals surface area contributed by atoms with Crippen LogP contribution >= 0.6 is 11.8 Å². The van der Waals surface area contributed by atoms with Crippen molar-refractivity contribution in [3.05, 3.63) is 59.9 Å². The smallest absolute Gasteiger partial charge is 0.416 e. The molecule has 0 saturated heterocycles. The number of carbonyl (C=O) groups excluding carboxylic acids is 1. The van der Waals surface area contributed by atoms with E-state index in [1.165, 1.54) is 23.9 Å². The van der Waals surface area contributed by atoms with Gasteiger partial charge in [0.2, 0.25) is 5.91 Å². The largest absolute Gasteiger partial charge is 0.497 e. The number of hydrogen-bond donors (Lipinski definition) is 1. The van der Waals surface area contributed by atoms with E-state index < -0.39 is 11.7 Å². The highest BCUT2D eigenvalue weighted by Gasteiger charge is 2.30. The SMILES string of the molecule is CCn1c(COc2cccc(C(F)(F)F)c2)nnc1SCC(=O)Nc1ccc(OC)cc1. The Hall–Kier alpha value is -3.21. The van der Waals surface area contributed by atoms with E-state index in [1.54, 1.807) is 35.9 Å². The molecule has 3 aromatic rings. The van der Waals surface area contributed by atoms with Crippen LogP contribution in [-0.2, 0) is 24.1 Å². The number of alkyl halides is 3. The molecular weight excluding hydrogens is 445 g/mol. The van der Waals surface area contributed by atoms with Gasteiger partial charge in [-0.1, -0.05) is 17.8 Å². The molecule has 0 aliphatic rings. The van der Waals surface area contributed by atoms with Gasteiger partial charge in [0.05, 0.1) is 18.4 Å². The fourth-order valence-corrected chi connectivity index (χ4v) is 3.58. The third-order valence-corrected chi connectivity index (χ3v) is 5.31. The zero-order valence-electron chi connectivity index (χ0n) is 17.3. The van der Waals surface area contributed by atoms with E-state index in [0.29, 0.717) is 29.0 Å². The van der Waals surface area contributed by atoms with Crippen LogP contribution in [-0.4, -0.2) is 33.5 Å². The summed E-state index contributed by atoms with van der Waals surface area (Å²) in [6, 6.07) is 11.6. The van der Waals surface area contributed by atoms with Crippen LogP contribution < -0.4 is 14.8 Å². The molecule has 0 fully saturated rings. The maximum atomic E-state index is 12.9. The minimum absolute atomic E-state index is 0.0548. The van der Waals surface area contributed by atoms with Gasteiger partial charge in [0, 0.05) is 12.2 Å². The molecule has 0 aliphatic carbocycles. The second kappa shape index (κ2) is 10.4. The Balaban J connectivity index is 1.58. The van der Waals surface area contributed by atoms with E-state index in [2.05, 4.69) is 15.5 Å². The van der Waals surface area contributed by atoms with Crippen molar-refractivity contribution in [3.63, 3.8) is 0 Å². The molecule has 0 bridgehead atoms. The summed E-state index contributed by atoms with van der Waals surface area (Å²) < 4.78 is 50.9. The summed E-state index contributed by atoms with van der Waals surface area (Å²) in [6.07, 6.45) is -4.45. The van der Waals surface area contributed by atoms with Crippen LogP contribution in [0.4, 0.5) is 18.9 Å². The highest BCUT2D eigenvalue weighted by molar-refractivity contribution is 7.99. The molecule has 1 heterocycles. The molecule has 0 unspecified atom stereocenters. The first-order valence-corrected chi connectivity index (χ1v) is 10.6. The number of rotatable bonds is 9. The molecule has 1 N–H and O–H groups in total. The summed E-state index contributed by atoms with van der Waals surface area (Å²) in [5.41, 5.74) is -0.144. The first-order chi connectivity index (χ1) is 15.3. The topological polar surface area (TPSA) is 78.3 Å². The molecule has 170 valence electrons. The van der Waals surface area contributed by atoms with Gasteiger partial charge in [-0.25, -0.2) is 0 Å². The number of ether oxygens (including phenoxy) is 2. The number of thioether (sulfide) groups is 1. The minimum Gasteiger partial charge on any atom is -0.497 e. The number of aromatic nitrogens is 3. The highest BCUT2D eigenvalue weighted by atomic mass is 32.2. The van der Waals surface area contributed by atoms with Crippen LogP contribution in [0.5, 0.6) is 11.5 Å². The molecule has 1 amide bonds. The molecule has 32 heavy (non-hydrogen) atoms. The molecule has 0 radical (unpaired) electrons. The predicted molar refractivity (Wildman–Crippen MR) is 114 cm³/mol. The summed E-state index contributed by atoms with van der Waals surface area (Å²) in [6.45, 7) is 2.33. The van der Waals surface area contributed by atoms with E-state index in [1.807, 2.05) is 6.92 Å². The van der Waals surface area contributed by atoms with Gasteiger partial charge < -0.3 is 19.4 Å². The maximum Gasteiger partial charge on any atom is 0.416 e. The van der Waals surface area contributed by atoms with Gasteiger partial charge in [0.25, 0.3) is 0 Å². The van der Waals surface area contributed by atoms with Crippen molar-refractivity contribution in [1.82, 2.24) is 14.8 Å². The summed E-state index contributed by atoms with van der Waals surface area (Å²) in [7, 11) is 1.56. The summed E-state index contributed by atoms with van der Waals surface area (Å²) >= 11 is 1.20. The van der Waals surface area contributed by atoms with Crippen LogP contribution in [0.25, 0.3) is 0 Å². The Labute approximate surface area is 186 Å². The molecule has 0 saturated carbocycles. The lowest BCUT2D eigenvalue weighted by molar-refractivity contribution is -0.137. The fraction of sp³-hybridized carbons (Fsp3) is 0.286. The number of benzene rings is 2. The van der Waals surface area contributed by atoms with Crippen LogP contribution in [0.3, 0.4) is 0 Å². The van der Waals surface area contributed by atoms with Gasteiger partial charge in [0.1, 0.15) is 18.1 Å². The Morgan fingerprint density at radius 1 is 1.12 bits per heavy atom. The van der Waals surface area contributed by atoms with Crippen molar-refractivity contribution in [2.45, 2.75) is 31.4 Å². The molecule has 1 aromatic heterocycles. The molecule has 0 spiro atoms. The molecule has 7 nitrogen and oxygen atoms in total. The molecule has 0 atom stereocenters. The molecule has 11 heteroatoms. The average Bonchev–Trinajstić information content (AvgIpc) is 3.18. The maximum absolute atomic E-state index is 12.9. The standard InChI is InChI=1S/C21H21F3N4O3S/c1-3-28-18(12-31-17-6-4-5-14(11-17)21(22,23)24)26-27-20(28)32-13-19(29)25-15-7-9-16(30-2)10-8-15/h4-11H,3,12-13H2,1-2H3,(H,25,29). The van der Waals surface area contributed by atoms with E-state index in [4.69, 9.17) is 9.47 Å². The number of amides is 1. The third-order valence-electron chi connectivity index (χ3n) is 4.35. The van der Waals surface area contributed by atoms with Crippen molar-refractivity contribution in [3.8, 4) is 11.5 Å². The first kappa shape index (κ1) is 23.5. The molecule has 0 aliphatic heterocycles. The highest BCUT2D eigenvalue weighted by Crippen LogP contribution is 2.31. The van der Waals surface area contributed by atoms with Gasteiger partial charge in [-0.05, 0) is 49.4 Å². The van der Waals surface area contributed by atoms with Crippen LogP contribution in [0.15, 0.2) is 53.7 Å². The van der Waals surface area contributed by atoms with Crippen LogP contribution in [0, 0.1) is 0 Å². The van der Waals surface area contributed by atoms with Crippen molar-refractivity contribution >= 4 is 23.4 Å². The van der Waals surface area contributed by atoms with Crippen molar-refractivity contribution in [1.29, 1.82) is 0 Å². The Morgan fingerprint density at radius 2 is 1.88 bits per heavy atom. The van der Waals surface area contributed by atoms with E-state index in [9.17, 15) is 18.0 Å². The average molecular weight is 466 g/mol. The molecule has 3 rings (SSSR count). The number of nitrogens with zero attached hydrogens (tertiary/aromatic N) is 3. The Kier molecular flexibility index (Phi) is 7.62. The van der Waals surface area contributed by atoms with Gasteiger partial charge in [-0.3, -0.25) is 4.79 Å². The van der Waals surface area contributed by atoms with Crippen LogP contribution in [0.1, 0.15) is 18.3 Å². The van der Waals surface area contributed by atoms with Crippen molar-refractivity contribution < 1.29 is 27.4 Å². The number of halogens is 3. The van der Waals surface area contributed by atoms with E-state index in [0.717, 1.165) is 12.1 Å². The third kappa shape index (κ3) is 6.16. The van der Waals surface area contributed by atoms with Gasteiger partial charge in [-0.15, -0.1) is 10.2 Å². The molecular formula is C21H21F3N4O3S. The Morgan fingerprint density at radius 3 is 2.53 bits per heavy atom. The zero-order chi connectivity index (χ0) is 23.1. The van der Waals surface area contributed by atoms with Gasteiger partial charge in [-0.2, -0.15) is 13.2 Å². The number of hydrogen-bond acceptors (Lipinski definition) is 6. The van der Waals surface area contributed by atoms with Crippen LogP contribution in [0.2, 0.25) is 0 Å². The first-order valence-electron chi connectivity index (χ1n) is 9.59. The predicted octanol–water partition coefficient (Wildman–Crippen LogP) is 4.64. The quantitative estimate of drug-likeness (QED) is 0.463. The fourth-order valence-electron chi connectivity index (χ4n) is 2.76.